The summed E-state index contributed by atoms with van der Waals surface area (Å²) >= 11 is 0. The van der Waals surface area contributed by atoms with Crippen molar-refractivity contribution >= 4 is 17.6 Å². The summed E-state index contributed by atoms with van der Waals surface area (Å²) in [6.45, 7) is 4.47. The first-order valence-corrected chi connectivity index (χ1v) is 10.1. The highest BCUT2D eigenvalue weighted by molar-refractivity contribution is 6.02. The van der Waals surface area contributed by atoms with E-state index in [-0.39, 0.29) is 6.61 Å². The van der Waals surface area contributed by atoms with Crippen LogP contribution in [0.4, 0.5) is 5.95 Å². The second-order valence-electron chi connectivity index (χ2n) is 6.77. The zero-order valence-corrected chi connectivity index (χ0v) is 17.7. The molecule has 2 aromatic carbocycles. The fraction of sp³-hybridized carbons (Fsp3) is 0.261. The zero-order chi connectivity index (χ0) is 21.8. The SMILES string of the molecule is CCOC(=O)C1=C(c2ccccc2)Nc2ncnn2[C@@H]1c1ccc(OCC)c(OC)c1. The average Bonchev–Trinajstić information content (AvgIpc) is 3.27. The van der Waals surface area contributed by atoms with Gasteiger partial charge < -0.3 is 19.5 Å². The zero-order valence-electron chi connectivity index (χ0n) is 17.7. The minimum Gasteiger partial charge on any atom is -0.493 e. The van der Waals surface area contributed by atoms with Gasteiger partial charge in [0.1, 0.15) is 12.4 Å². The van der Waals surface area contributed by atoms with E-state index in [0.717, 1.165) is 11.1 Å². The molecule has 0 saturated carbocycles. The number of aromatic nitrogens is 3. The summed E-state index contributed by atoms with van der Waals surface area (Å²) in [5.74, 6) is 1.31. The number of anilines is 1. The number of hydrogen-bond acceptors (Lipinski definition) is 7. The van der Waals surface area contributed by atoms with E-state index in [2.05, 4.69) is 15.4 Å². The highest BCUT2D eigenvalue weighted by Crippen LogP contribution is 2.41. The van der Waals surface area contributed by atoms with Gasteiger partial charge in [-0.1, -0.05) is 36.4 Å². The maximum Gasteiger partial charge on any atom is 0.338 e. The molecule has 160 valence electrons. The quantitative estimate of drug-likeness (QED) is 0.584. The normalized spacial score (nSPS) is 15.1. The van der Waals surface area contributed by atoms with Gasteiger partial charge in [-0.15, -0.1) is 0 Å². The van der Waals surface area contributed by atoms with E-state index in [0.29, 0.717) is 35.3 Å². The van der Waals surface area contributed by atoms with E-state index in [1.54, 1.807) is 18.7 Å². The van der Waals surface area contributed by atoms with Crippen molar-refractivity contribution in [2.45, 2.75) is 19.9 Å². The van der Waals surface area contributed by atoms with Gasteiger partial charge in [0.05, 0.1) is 31.6 Å². The summed E-state index contributed by atoms with van der Waals surface area (Å²) in [4.78, 5) is 17.5. The molecule has 0 spiro atoms. The summed E-state index contributed by atoms with van der Waals surface area (Å²) < 4.78 is 18.3. The summed E-state index contributed by atoms with van der Waals surface area (Å²) in [6.07, 6.45) is 1.46. The van der Waals surface area contributed by atoms with E-state index in [4.69, 9.17) is 14.2 Å². The Morgan fingerprint density at radius 2 is 1.90 bits per heavy atom. The number of nitrogens with zero attached hydrogens (tertiary/aromatic N) is 3. The van der Waals surface area contributed by atoms with Crippen molar-refractivity contribution in [1.82, 2.24) is 14.8 Å². The Bertz CT molecular complexity index is 1110. The van der Waals surface area contributed by atoms with E-state index < -0.39 is 12.0 Å². The molecule has 1 aliphatic heterocycles. The Labute approximate surface area is 180 Å². The third kappa shape index (κ3) is 3.84. The molecule has 0 aliphatic carbocycles. The number of fused-ring (bicyclic) bond motifs is 1. The second-order valence-corrected chi connectivity index (χ2v) is 6.77. The van der Waals surface area contributed by atoms with Gasteiger partial charge in [-0.3, -0.25) is 0 Å². The number of ether oxygens (including phenoxy) is 3. The van der Waals surface area contributed by atoms with E-state index in [9.17, 15) is 4.79 Å². The van der Waals surface area contributed by atoms with Crippen LogP contribution in [-0.4, -0.2) is 41.1 Å². The van der Waals surface area contributed by atoms with Crippen molar-refractivity contribution < 1.29 is 19.0 Å². The van der Waals surface area contributed by atoms with Crippen LogP contribution in [0, 0.1) is 0 Å². The monoisotopic (exact) mass is 420 g/mol. The summed E-state index contributed by atoms with van der Waals surface area (Å²) in [6, 6.07) is 14.7. The largest absolute Gasteiger partial charge is 0.493 e. The van der Waals surface area contributed by atoms with Gasteiger partial charge >= 0.3 is 5.97 Å². The lowest BCUT2D eigenvalue weighted by Gasteiger charge is -2.30. The maximum absolute atomic E-state index is 13.2. The van der Waals surface area contributed by atoms with Crippen molar-refractivity contribution in [3.63, 3.8) is 0 Å². The van der Waals surface area contributed by atoms with Gasteiger partial charge in [0, 0.05) is 0 Å². The molecule has 0 saturated heterocycles. The van der Waals surface area contributed by atoms with Crippen molar-refractivity contribution in [3.05, 3.63) is 71.6 Å². The standard InChI is InChI=1S/C23H24N4O4/c1-4-30-17-12-11-16(13-18(17)29-3)21-19(22(28)31-5-2)20(15-9-7-6-8-10-15)26-23-24-14-25-27(21)23/h6-14,21H,4-5H2,1-3H3,(H,24,25,26)/t21-/m1/s1. The van der Waals surface area contributed by atoms with E-state index in [1.165, 1.54) is 6.33 Å². The van der Waals surface area contributed by atoms with Crippen molar-refractivity contribution in [2.24, 2.45) is 0 Å². The maximum atomic E-state index is 13.2. The average molecular weight is 420 g/mol. The molecule has 0 bridgehead atoms. The molecule has 31 heavy (non-hydrogen) atoms. The molecular formula is C23H24N4O4. The van der Waals surface area contributed by atoms with Crippen LogP contribution in [0.2, 0.25) is 0 Å². The number of esters is 1. The molecule has 4 rings (SSSR count). The first-order valence-electron chi connectivity index (χ1n) is 10.1. The number of hydrogen-bond donors (Lipinski definition) is 1. The molecule has 2 heterocycles. The van der Waals surface area contributed by atoms with Crippen LogP contribution in [-0.2, 0) is 9.53 Å². The van der Waals surface area contributed by atoms with Crippen molar-refractivity contribution in [1.29, 1.82) is 0 Å². The number of rotatable bonds is 7. The van der Waals surface area contributed by atoms with Gasteiger partial charge in [0.25, 0.3) is 0 Å². The first kappa shape index (κ1) is 20.5. The molecule has 0 fully saturated rings. The van der Waals surface area contributed by atoms with Gasteiger partial charge in [-0.05, 0) is 37.1 Å². The number of benzene rings is 2. The topological polar surface area (TPSA) is 87.5 Å². The minimum atomic E-state index is -0.558. The Balaban J connectivity index is 1.93. The summed E-state index contributed by atoms with van der Waals surface area (Å²) in [5.41, 5.74) is 2.72. The van der Waals surface area contributed by atoms with Crippen LogP contribution >= 0.6 is 0 Å². The molecular weight excluding hydrogens is 396 g/mol. The lowest BCUT2D eigenvalue weighted by atomic mass is 9.92. The highest BCUT2D eigenvalue weighted by atomic mass is 16.5. The Hall–Kier alpha value is -3.81. The Morgan fingerprint density at radius 3 is 2.61 bits per heavy atom. The molecule has 1 atom stereocenters. The van der Waals surface area contributed by atoms with Crippen LogP contribution in [0.5, 0.6) is 11.5 Å². The summed E-state index contributed by atoms with van der Waals surface area (Å²) in [5, 5.41) is 7.63. The highest BCUT2D eigenvalue weighted by Gasteiger charge is 2.36. The lowest BCUT2D eigenvalue weighted by Crippen LogP contribution is -2.30. The number of carbonyl (C=O) groups is 1. The molecule has 1 N–H and O–H groups in total. The molecule has 8 heteroatoms. The fourth-order valence-electron chi connectivity index (χ4n) is 3.66. The smallest absolute Gasteiger partial charge is 0.338 e. The van der Waals surface area contributed by atoms with Crippen LogP contribution < -0.4 is 14.8 Å². The molecule has 8 nitrogen and oxygen atoms in total. The molecule has 1 aliphatic rings. The van der Waals surface area contributed by atoms with Crippen LogP contribution in [0.25, 0.3) is 5.70 Å². The molecule has 3 aromatic rings. The first-order chi connectivity index (χ1) is 15.2. The van der Waals surface area contributed by atoms with E-state index in [1.807, 2.05) is 55.5 Å². The van der Waals surface area contributed by atoms with Crippen molar-refractivity contribution in [3.8, 4) is 11.5 Å². The number of nitrogens with one attached hydrogen (secondary N) is 1. The van der Waals surface area contributed by atoms with Crippen LogP contribution in [0.1, 0.15) is 31.0 Å². The van der Waals surface area contributed by atoms with Gasteiger partial charge in [-0.25, -0.2) is 9.48 Å². The molecule has 1 aromatic heterocycles. The molecule has 0 amide bonds. The number of carbonyl (C=O) groups excluding carboxylic acids is 1. The third-order valence-corrected chi connectivity index (χ3v) is 4.96. The fourth-order valence-corrected chi connectivity index (χ4v) is 3.66. The molecule has 0 unspecified atom stereocenters. The van der Waals surface area contributed by atoms with Gasteiger partial charge in [-0.2, -0.15) is 10.1 Å². The van der Waals surface area contributed by atoms with Crippen molar-refractivity contribution in [2.75, 3.05) is 25.6 Å². The van der Waals surface area contributed by atoms with Crippen LogP contribution in [0.15, 0.2) is 60.4 Å². The Kier molecular flexibility index (Phi) is 5.88. The summed E-state index contributed by atoms with van der Waals surface area (Å²) in [7, 11) is 1.59. The van der Waals surface area contributed by atoms with Gasteiger partial charge in [0.2, 0.25) is 5.95 Å². The second kappa shape index (κ2) is 8.91. The third-order valence-electron chi connectivity index (χ3n) is 4.96. The van der Waals surface area contributed by atoms with Gasteiger partial charge in [0.15, 0.2) is 11.5 Å². The number of methoxy groups -OCH3 is 1. The van der Waals surface area contributed by atoms with E-state index >= 15 is 0 Å². The molecule has 0 radical (unpaired) electrons. The Morgan fingerprint density at radius 1 is 1.10 bits per heavy atom. The minimum absolute atomic E-state index is 0.258. The predicted octanol–water partition coefficient (Wildman–Crippen LogP) is 3.67. The lowest BCUT2D eigenvalue weighted by molar-refractivity contribution is -0.138. The predicted molar refractivity (Wildman–Crippen MR) is 116 cm³/mol. The van der Waals surface area contributed by atoms with Crippen LogP contribution in [0.3, 0.4) is 0 Å².